The first-order valence-corrected chi connectivity index (χ1v) is 8.72. The molecule has 29 heavy (non-hydrogen) atoms. The van der Waals surface area contributed by atoms with E-state index in [1.165, 1.54) is 18.2 Å². The molecule has 1 atom stereocenters. The summed E-state index contributed by atoms with van der Waals surface area (Å²) in [5, 5.41) is 3.14. The number of rotatable bonds is 4. The average Bonchev–Trinajstić information content (AvgIpc) is 2.62. The maximum Gasteiger partial charge on any atom is 0.573 e. The predicted octanol–water partition coefficient (Wildman–Crippen LogP) is 4.74. The van der Waals surface area contributed by atoms with Gasteiger partial charge in [0, 0.05) is 26.2 Å². The van der Waals surface area contributed by atoms with Crippen molar-refractivity contribution in [1.29, 1.82) is 0 Å². The van der Waals surface area contributed by atoms with Crippen LogP contribution in [0.5, 0.6) is 5.75 Å². The van der Waals surface area contributed by atoms with Crippen LogP contribution in [-0.2, 0) is 6.18 Å². The molecule has 3 nitrogen and oxygen atoms in total. The minimum atomic E-state index is -4.84. The topological polar surface area (TPSA) is 24.5 Å². The molecule has 1 N–H and O–H groups in total. The van der Waals surface area contributed by atoms with E-state index in [-0.39, 0.29) is 5.56 Å². The van der Waals surface area contributed by atoms with E-state index in [9.17, 15) is 30.7 Å². The molecule has 1 aliphatic heterocycles. The Morgan fingerprint density at radius 1 is 0.862 bits per heavy atom. The van der Waals surface area contributed by atoms with E-state index >= 15 is 0 Å². The molecule has 0 aromatic heterocycles. The van der Waals surface area contributed by atoms with Crippen molar-refractivity contribution >= 4 is 0 Å². The van der Waals surface area contributed by atoms with Gasteiger partial charge in [0.1, 0.15) is 11.6 Å². The molecule has 0 unspecified atom stereocenters. The van der Waals surface area contributed by atoms with E-state index in [0.717, 1.165) is 18.2 Å². The third-order valence-corrected chi connectivity index (χ3v) is 4.56. The molecule has 10 heteroatoms. The molecule has 1 heterocycles. The normalized spacial score (nSPS) is 17.2. The van der Waals surface area contributed by atoms with Gasteiger partial charge in [-0.05, 0) is 35.4 Å². The average molecular weight is 422 g/mol. The number of benzene rings is 2. The lowest BCUT2D eigenvalue weighted by atomic mass is 9.95. The minimum absolute atomic E-state index is 0.280. The van der Waals surface area contributed by atoms with Gasteiger partial charge >= 0.3 is 12.5 Å². The maximum absolute atomic E-state index is 14.1. The minimum Gasteiger partial charge on any atom is -0.406 e. The van der Waals surface area contributed by atoms with Gasteiger partial charge in [-0.3, -0.25) is 4.90 Å². The number of halogens is 7. The lowest BCUT2D eigenvalue weighted by Gasteiger charge is -2.35. The Hall–Kier alpha value is -2.33. The van der Waals surface area contributed by atoms with Gasteiger partial charge in [0.15, 0.2) is 0 Å². The molecule has 2 aromatic rings. The zero-order valence-corrected chi connectivity index (χ0v) is 14.9. The van der Waals surface area contributed by atoms with Crippen LogP contribution in [0.2, 0.25) is 0 Å². The van der Waals surface area contributed by atoms with Gasteiger partial charge in [0.2, 0.25) is 0 Å². The molecule has 0 bridgehead atoms. The summed E-state index contributed by atoms with van der Waals surface area (Å²) in [6, 6.07) is 7.12. The summed E-state index contributed by atoms with van der Waals surface area (Å²) in [5.74, 6) is -1.81. The lowest BCUT2D eigenvalue weighted by molar-refractivity contribution is -0.274. The summed E-state index contributed by atoms with van der Waals surface area (Å²) >= 11 is 0. The molecule has 2 aromatic carbocycles. The Morgan fingerprint density at radius 3 is 1.97 bits per heavy atom. The van der Waals surface area contributed by atoms with Crippen molar-refractivity contribution in [1.82, 2.24) is 10.2 Å². The number of nitrogens with zero attached hydrogens (tertiary/aromatic N) is 1. The van der Waals surface area contributed by atoms with E-state index in [0.29, 0.717) is 37.8 Å². The van der Waals surface area contributed by atoms with Gasteiger partial charge in [0.25, 0.3) is 0 Å². The lowest BCUT2D eigenvalue weighted by Crippen LogP contribution is -2.45. The molecule has 1 aliphatic rings. The zero-order chi connectivity index (χ0) is 21.2. The first-order chi connectivity index (χ1) is 13.5. The first-order valence-electron chi connectivity index (χ1n) is 8.72. The second-order valence-corrected chi connectivity index (χ2v) is 6.54. The number of nitrogens with one attached hydrogen (secondary N) is 1. The summed E-state index contributed by atoms with van der Waals surface area (Å²) in [5.41, 5.74) is -0.572. The Labute approximate surface area is 162 Å². The summed E-state index contributed by atoms with van der Waals surface area (Å²) < 4.78 is 93.7. The molecular formula is C19H17F7N2O. The van der Waals surface area contributed by atoms with Crippen LogP contribution in [0.1, 0.15) is 22.7 Å². The van der Waals surface area contributed by atoms with Crippen molar-refractivity contribution in [3.8, 4) is 5.75 Å². The molecule has 0 spiro atoms. The van der Waals surface area contributed by atoms with Crippen LogP contribution >= 0.6 is 0 Å². The van der Waals surface area contributed by atoms with Gasteiger partial charge in [0.05, 0.1) is 11.6 Å². The third-order valence-electron chi connectivity index (χ3n) is 4.56. The van der Waals surface area contributed by atoms with Crippen LogP contribution in [0.4, 0.5) is 30.7 Å². The van der Waals surface area contributed by atoms with Crippen LogP contribution in [0.3, 0.4) is 0 Å². The maximum atomic E-state index is 14.1. The summed E-state index contributed by atoms with van der Waals surface area (Å²) in [4.78, 5) is 1.93. The van der Waals surface area contributed by atoms with Crippen molar-refractivity contribution in [3.05, 3.63) is 65.0 Å². The largest absolute Gasteiger partial charge is 0.573 e. The fraction of sp³-hybridized carbons (Fsp3) is 0.368. The van der Waals surface area contributed by atoms with Crippen LogP contribution < -0.4 is 10.1 Å². The first kappa shape index (κ1) is 21.4. The third kappa shape index (κ3) is 5.39. The van der Waals surface area contributed by atoms with Crippen LogP contribution in [0.15, 0.2) is 42.5 Å². The Morgan fingerprint density at radius 2 is 1.45 bits per heavy atom. The Balaban J connectivity index is 1.96. The monoisotopic (exact) mass is 422 g/mol. The molecule has 0 amide bonds. The van der Waals surface area contributed by atoms with Gasteiger partial charge in [-0.15, -0.1) is 13.2 Å². The highest BCUT2D eigenvalue weighted by atomic mass is 19.4. The van der Waals surface area contributed by atoms with Crippen molar-refractivity contribution < 1.29 is 35.5 Å². The SMILES string of the molecule is Fc1cc([C@@H](c2ccc(OC(F)(F)F)cc2)N2CCNCC2)ccc1C(F)(F)F. The Bertz CT molecular complexity index is 828. The quantitative estimate of drug-likeness (QED) is 0.721. The molecule has 3 rings (SSSR count). The molecular weight excluding hydrogens is 405 g/mol. The van der Waals surface area contributed by atoms with Gasteiger partial charge < -0.3 is 10.1 Å². The van der Waals surface area contributed by atoms with E-state index in [1.54, 1.807) is 0 Å². The van der Waals surface area contributed by atoms with Crippen LogP contribution in [0, 0.1) is 5.82 Å². The van der Waals surface area contributed by atoms with E-state index < -0.39 is 35.7 Å². The van der Waals surface area contributed by atoms with Crippen LogP contribution in [-0.4, -0.2) is 37.4 Å². The van der Waals surface area contributed by atoms with E-state index in [2.05, 4.69) is 10.1 Å². The highest BCUT2D eigenvalue weighted by Gasteiger charge is 2.35. The molecule has 1 fully saturated rings. The fourth-order valence-electron chi connectivity index (χ4n) is 3.34. The number of ether oxygens (including phenoxy) is 1. The standard InChI is InChI=1S/C19H17F7N2O/c20-16-11-13(3-6-15(16)18(21,22)23)17(28-9-7-27-8-10-28)12-1-4-14(5-2-12)29-19(24,25)26/h1-6,11,17,27H,7-10H2/t17-/m1/s1. The predicted molar refractivity (Wildman–Crippen MR) is 90.8 cm³/mol. The van der Waals surface area contributed by atoms with E-state index in [4.69, 9.17) is 0 Å². The summed E-state index contributed by atoms with van der Waals surface area (Å²) in [6.45, 7) is 2.31. The highest BCUT2D eigenvalue weighted by molar-refractivity contribution is 5.38. The number of alkyl halides is 6. The smallest absolute Gasteiger partial charge is 0.406 e. The molecule has 1 saturated heterocycles. The molecule has 0 saturated carbocycles. The Kier molecular flexibility index (Phi) is 6.04. The van der Waals surface area contributed by atoms with Crippen molar-refractivity contribution in [2.24, 2.45) is 0 Å². The van der Waals surface area contributed by atoms with E-state index in [1.807, 2.05) is 4.90 Å². The van der Waals surface area contributed by atoms with Crippen molar-refractivity contribution in [3.63, 3.8) is 0 Å². The highest BCUT2D eigenvalue weighted by Crippen LogP contribution is 2.36. The number of piperazine rings is 1. The fourth-order valence-corrected chi connectivity index (χ4v) is 3.34. The number of hydrogen-bond acceptors (Lipinski definition) is 3. The van der Waals surface area contributed by atoms with Crippen molar-refractivity contribution in [2.45, 2.75) is 18.6 Å². The van der Waals surface area contributed by atoms with Gasteiger partial charge in [-0.25, -0.2) is 4.39 Å². The summed E-state index contributed by atoms with van der Waals surface area (Å²) in [7, 11) is 0. The van der Waals surface area contributed by atoms with Gasteiger partial charge in [-0.2, -0.15) is 13.2 Å². The van der Waals surface area contributed by atoms with Crippen LogP contribution in [0.25, 0.3) is 0 Å². The van der Waals surface area contributed by atoms with Gasteiger partial charge in [-0.1, -0.05) is 18.2 Å². The zero-order valence-electron chi connectivity index (χ0n) is 14.9. The second-order valence-electron chi connectivity index (χ2n) is 6.54. The molecule has 158 valence electrons. The van der Waals surface area contributed by atoms with Crippen molar-refractivity contribution in [2.75, 3.05) is 26.2 Å². The molecule has 0 aliphatic carbocycles. The molecule has 0 radical (unpaired) electrons. The summed E-state index contributed by atoms with van der Waals surface area (Å²) in [6.07, 6.45) is -9.65. The number of hydrogen-bond donors (Lipinski definition) is 1. The second kappa shape index (κ2) is 8.19.